The third-order valence-corrected chi connectivity index (χ3v) is 2.11. The Hall–Kier alpha value is -1.36. The Labute approximate surface area is 87.2 Å². The molecule has 0 unspecified atom stereocenters. The maximum Gasteiger partial charge on any atom is 0.573 e. The zero-order valence-electron chi connectivity index (χ0n) is 7.14. The third kappa shape index (κ3) is 2.02. The fraction of sp³-hybridized carbons (Fsp3) is 0.111. The van der Waals surface area contributed by atoms with Crippen molar-refractivity contribution in [2.75, 3.05) is 0 Å². The van der Waals surface area contributed by atoms with E-state index in [0.29, 0.717) is 5.39 Å². The smallest absolute Gasteiger partial charge is 0.463 e. The van der Waals surface area contributed by atoms with Gasteiger partial charge in [0.25, 0.3) is 0 Å². The first kappa shape index (κ1) is 10.2. The Bertz CT molecular complexity index is 490. The number of hydrogen-bond acceptors (Lipinski definition) is 2. The molecule has 0 aliphatic carbocycles. The van der Waals surface area contributed by atoms with E-state index in [-0.39, 0.29) is 10.6 Å². The molecule has 1 heterocycles. The molecule has 0 bridgehead atoms. The molecule has 2 rings (SSSR count). The van der Waals surface area contributed by atoms with Crippen LogP contribution in [0.4, 0.5) is 13.2 Å². The van der Waals surface area contributed by atoms with E-state index in [0.717, 1.165) is 6.07 Å². The first-order valence-corrected chi connectivity index (χ1v) is 4.26. The number of benzene rings is 1. The molecule has 15 heavy (non-hydrogen) atoms. The molecule has 0 saturated carbocycles. The van der Waals surface area contributed by atoms with Gasteiger partial charge in [0.05, 0.1) is 6.26 Å². The molecule has 0 N–H and O–H groups in total. The second-order valence-corrected chi connectivity index (χ2v) is 3.14. The average molecular weight is 237 g/mol. The molecule has 1 aromatic heterocycles. The molecule has 80 valence electrons. The van der Waals surface area contributed by atoms with E-state index in [2.05, 4.69) is 4.74 Å². The van der Waals surface area contributed by atoms with E-state index >= 15 is 0 Å². The van der Waals surface area contributed by atoms with Crippen LogP contribution in [0.1, 0.15) is 0 Å². The molecule has 0 saturated heterocycles. The van der Waals surface area contributed by atoms with Crippen LogP contribution >= 0.6 is 11.6 Å². The average Bonchev–Trinajstić information content (AvgIpc) is 2.56. The van der Waals surface area contributed by atoms with Gasteiger partial charge in [0.1, 0.15) is 5.02 Å². The van der Waals surface area contributed by atoms with Crippen molar-refractivity contribution in [1.82, 2.24) is 0 Å². The molecule has 0 spiro atoms. The second-order valence-electron chi connectivity index (χ2n) is 2.76. The summed E-state index contributed by atoms with van der Waals surface area (Å²) in [4.78, 5) is 0. The summed E-state index contributed by atoms with van der Waals surface area (Å²) < 4.78 is 44.5. The first-order valence-electron chi connectivity index (χ1n) is 3.89. The van der Waals surface area contributed by atoms with E-state index in [1.165, 1.54) is 12.3 Å². The van der Waals surface area contributed by atoms with Gasteiger partial charge in [-0.05, 0) is 18.2 Å². The summed E-state index contributed by atoms with van der Waals surface area (Å²) in [6.07, 6.45) is -3.42. The van der Waals surface area contributed by atoms with Crippen LogP contribution < -0.4 is 4.74 Å². The Balaban J connectivity index is 2.48. The molecular weight excluding hydrogens is 233 g/mol. The zero-order chi connectivity index (χ0) is 11.1. The molecule has 2 nitrogen and oxygen atoms in total. The maximum atomic E-state index is 11.9. The fourth-order valence-electron chi connectivity index (χ4n) is 1.18. The normalized spacial score (nSPS) is 12.0. The number of hydrogen-bond donors (Lipinski definition) is 0. The van der Waals surface area contributed by atoms with E-state index in [1.54, 1.807) is 6.07 Å². The lowest BCUT2D eigenvalue weighted by atomic mass is 10.2. The van der Waals surface area contributed by atoms with Gasteiger partial charge in [0, 0.05) is 5.39 Å². The van der Waals surface area contributed by atoms with Crippen molar-refractivity contribution in [3.63, 3.8) is 0 Å². The van der Waals surface area contributed by atoms with E-state index < -0.39 is 12.1 Å². The van der Waals surface area contributed by atoms with Crippen LogP contribution in [0.5, 0.6) is 5.75 Å². The lowest BCUT2D eigenvalue weighted by Crippen LogP contribution is -2.17. The van der Waals surface area contributed by atoms with Gasteiger partial charge in [-0.15, -0.1) is 13.2 Å². The minimum absolute atomic E-state index is 0.179. The summed E-state index contributed by atoms with van der Waals surface area (Å²) in [7, 11) is 0. The lowest BCUT2D eigenvalue weighted by Gasteiger charge is -2.09. The molecule has 0 fully saturated rings. The van der Waals surface area contributed by atoms with Crippen LogP contribution in [-0.2, 0) is 0 Å². The Morgan fingerprint density at radius 2 is 1.93 bits per heavy atom. The number of fused-ring (bicyclic) bond motifs is 1. The number of ether oxygens (including phenoxy) is 1. The monoisotopic (exact) mass is 236 g/mol. The highest BCUT2D eigenvalue weighted by Gasteiger charge is 2.32. The quantitative estimate of drug-likeness (QED) is 0.747. The molecule has 0 radical (unpaired) electrons. The Morgan fingerprint density at radius 3 is 2.60 bits per heavy atom. The van der Waals surface area contributed by atoms with Crippen molar-refractivity contribution in [2.45, 2.75) is 6.36 Å². The van der Waals surface area contributed by atoms with Gasteiger partial charge in [-0.25, -0.2) is 0 Å². The van der Waals surface area contributed by atoms with Crippen LogP contribution in [0, 0.1) is 0 Å². The van der Waals surface area contributed by atoms with Gasteiger partial charge in [-0.3, -0.25) is 0 Å². The summed E-state index contributed by atoms with van der Waals surface area (Å²) in [6.45, 7) is 0. The molecule has 2 aromatic rings. The van der Waals surface area contributed by atoms with Gasteiger partial charge >= 0.3 is 6.36 Å². The lowest BCUT2D eigenvalue weighted by molar-refractivity contribution is -0.274. The van der Waals surface area contributed by atoms with Crippen molar-refractivity contribution in [1.29, 1.82) is 0 Å². The van der Waals surface area contributed by atoms with Crippen molar-refractivity contribution in [3.05, 3.63) is 29.5 Å². The number of furan rings is 1. The van der Waals surface area contributed by atoms with Gasteiger partial charge in [-0.2, -0.15) is 0 Å². The first-order chi connectivity index (χ1) is 6.97. The molecule has 0 amide bonds. The van der Waals surface area contributed by atoms with Crippen molar-refractivity contribution in [3.8, 4) is 5.75 Å². The molecule has 0 atom stereocenters. The topological polar surface area (TPSA) is 22.4 Å². The number of halogens is 4. The summed E-state index contributed by atoms with van der Waals surface area (Å²) in [5.74, 6) is -0.466. The molecule has 6 heteroatoms. The second kappa shape index (κ2) is 3.34. The van der Waals surface area contributed by atoms with Crippen LogP contribution in [0.3, 0.4) is 0 Å². The van der Waals surface area contributed by atoms with Gasteiger partial charge in [-0.1, -0.05) is 11.6 Å². The van der Waals surface area contributed by atoms with Crippen LogP contribution in [0.2, 0.25) is 5.02 Å². The number of rotatable bonds is 1. The minimum atomic E-state index is -4.76. The van der Waals surface area contributed by atoms with Gasteiger partial charge in [0.15, 0.2) is 11.3 Å². The van der Waals surface area contributed by atoms with Gasteiger partial charge in [0.2, 0.25) is 0 Å². The maximum absolute atomic E-state index is 11.9. The summed E-state index contributed by atoms with van der Waals surface area (Å²) in [6, 6.07) is 4.18. The fourth-order valence-corrected chi connectivity index (χ4v) is 1.44. The molecule has 0 aliphatic rings. The van der Waals surface area contributed by atoms with Crippen molar-refractivity contribution < 1.29 is 22.3 Å². The summed E-state index contributed by atoms with van der Waals surface area (Å²) in [5, 5.41) is 0.435. The SMILES string of the molecule is FC(F)(F)Oc1ccc2ccoc2c1Cl. The highest BCUT2D eigenvalue weighted by molar-refractivity contribution is 6.36. The summed E-state index contributed by atoms with van der Waals surface area (Å²) in [5.41, 5.74) is 0.179. The van der Waals surface area contributed by atoms with Crippen LogP contribution in [-0.4, -0.2) is 6.36 Å². The largest absolute Gasteiger partial charge is 0.573 e. The zero-order valence-corrected chi connectivity index (χ0v) is 7.89. The molecular formula is C9H4ClF3O2. The third-order valence-electron chi connectivity index (χ3n) is 1.75. The van der Waals surface area contributed by atoms with Crippen molar-refractivity contribution >= 4 is 22.6 Å². The Morgan fingerprint density at radius 1 is 1.20 bits per heavy atom. The standard InChI is InChI=1S/C9H4ClF3O2/c10-7-6(15-9(11,12)13)2-1-5-3-4-14-8(5)7/h1-4H. The number of alkyl halides is 3. The Kier molecular flexibility index (Phi) is 2.26. The van der Waals surface area contributed by atoms with Gasteiger partial charge < -0.3 is 9.15 Å². The molecule has 1 aromatic carbocycles. The predicted octanol–water partition coefficient (Wildman–Crippen LogP) is 3.98. The highest BCUT2D eigenvalue weighted by atomic mass is 35.5. The van der Waals surface area contributed by atoms with E-state index in [4.69, 9.17) is 16.0 Å². The van der Waals surface area contributed by atoms with E-state index in [1.807, 2.05) is 0 Å². The van der Waals surface area contributed by atoms with E-state index in [9.17, 15) is 13.2 Å². The van der Waals surface area contributed by atoms with Crippen LogP contribution in [0.25, 0.3) is 11.0 Å². The van der Waals surface area contributed by atoms with Crippen molar-refractivity contribution in [2.24, 2.45) is 0 Å². The minimum Gasteiger partial charge on any atom is -0.463 e. The van der Waals surface area contributed by atoms with Crippen LogP contribution in [0.15, 0.2) is 28.9 Å². The summed E-state index contributed by atoms with van der Waals surface area (Å²) >= 11 is 5.67. The predicted molar refractivity (Wildman–Crippen MR) is 47.9 cm³/mol. The highest BCUT2D eigenvalue weighted by Crippen LogP contribution is 2.36. The molecule has 0 aliphatic heterocycles.